The number of rotatable bonds is 3. The smallest absolute Gasteiger partial charge is 0.0101 e. The minimum atomic E-state index is 0.765. The molecule has 1 aliphatic carbocycles. The summed E-state index contributed by atoms with van der Waals surface area (Å²) in [5.74, 6) is 1.86. The summed E-state index contributed by atoms with van der Waals surface area (Å²) in [5.41, 5.74) is 0. The highest BCUT2D eigenvalue weighted by Gasteiger charge is 2.33. The molecule has 18 heavy (non-hydrogen) atoms. The maximum Gasteiger partial charge on any atom is 0.0101 e. The standard InChI is InChI=1S/C16H32N2/c1-5-17-15-8-9-18(14(4)11-15)16-7-6-12(2)13(3)10-16/h12-17H,5-11H2,1-4H3. The number of hydrogen-bond acceptors (Lipinski definition) is 2. The maximum atomic E-state index is 3.63. The van der Waals surface area contributed by atoms with Gasteiger partial charge in [0.2, 0.25) is 0 Å². The van der Waals surface area contributed by atoms with Crippen molar-refractivity contribution < 1.29 is 0 Å². The predicted molar refractivity (Wildman–Crippen MR) is 78.8 cm³/mol. The zero-order chi connectivity index (χ0) is 13.1. The highest BCUT2D eigenvalue weighted by atomic mass is 15.2. The lowest BCUT2D eigenvalue weighted by molar-refractivity contribution is 0.0447. The molecular formula is C16H32N2. The van der Waals surface area contributed by atoms with Crippen LogP contribution in [0.25, 0.3) is 0 Å². The van der Waals surface area contributed by atoms with Crippen molar-refractivity contribution in [3.05, 3.63) is 0 Å². The molecule has 0 radical (unpaired) electrons. The Morgan fingerprint density at radius 1 is 1.00 bits per heavy atom. The van der Waals surface area contributed by atoms with Gasteiger partial charge in [0.1, 0.15) is 0 Å². The van der Waals surface area contributed by atoms with Crippen molar-refractivity contribution in [3.63, 3.8) is 0 Å². The van der Waals surface area contributed by atoms with Crippen molar-refractivity contribution in [3.8, 4) is 0 Å². The van der Waals surface area contributed by atoms with Crippen molar-refractivity contribution in [1.29, 1.82) is 0 Å². The van der Waals surface area contributed by atoms with E-state index in [0.29, 0.717) is 0 Å². The zero-order valence-corrected chi connectivity index (χ0v) is 12.8. The van der Waals surface area contributed by atoms with Crippen molar-refractivity contribution in [2.75, 3.05) is 13.1 Å². The van der Waals surface area contributed by atoms with Crippen molar-refractivity contribution in [2.45, 2.75) is 77.9 Å². The lowest BCUT2D eigenvalue weighted by Crippen LogP contribution is -2.52. The Hall–Kier alpha value is -0.0800. The first-order chi connectivity index (χ1) is 8.61. The normalized spacial score (nSPS) is 43.0. The van der Waals surface area contributed by atoms with Crippen LogP contribution in [0.3, 0.4) is 0 Å². The quantitative estimate of drug-likeness (QED) is 0.829. The van der Waals surface area contributed by atoms with Crippen LogP contribution in [0.4, 0.5) is 0 Å². The Labute approximate surface area is 114 Å². The third-order valence-electron chi connectivity index (χ3n) is 5.46. The first kappa shape index (κ1) is 14.3. The molecule has 0 spiro atoms. The Bertz CT molecular complexity index is 253. The monoisotopic (exact) mass is 252 g/mol. The molecule has 2 aliphatic rings. The van der Waals surface area contributed by atoms with E-state index in [1.807, 2.05) is 0 Å². The lowest BCUT2D eigenvalue weighted by atomic mass is 9.77. The number of likely N-dealkylation sites (tertiary alicyclic amines) is 1. The second-order valence-electron chi connectivity index (χ2n) is 6.79. The van der Waals surface area contributed by atoms with Crippen LogP contribution < -0.4 is 5.32 Å². The Balaban J connectivity index is 1.86. The second kappa shape index (κ2) is 6.38. The van der Waals surface area contributed by atoms with Crippen LogP contribution in [0, 0.1) is 11.8 Å². The van der Waals surface area contributed by atoms with Gasteiger partial charge in [0.15, 0.2) is 0 Å². The molecule has 0 aromatic heterocycles. The van der Waals surface area contributed by atoms with Crippen molar-refractivity contribution in [2.24, 2.45) is 11.8 Å². The zero-order valence-electron chi connectivity index (χ0n) is 12.8. The fraction of sp³-hybridized carbons (Fsp3) is 1.00. The molecule has 5 atom stereocenters. The van der Waals surface area contributed by atoms with Gasteiger partial charge < -0.3 is 5.32 Å². The van der Waals surface area contributed by atoms with Gasteiger partial charge in [-0.05, 0) is 57.4 Å². The molecule has 106 valence electrons. The van der Waals surface area contributed by atoms with E-state index in [1.165, 1.54) is 38.6 Å². The molecule has 0 aromatic carbocycles. The molecule has 2 heteroatoms. The summed E-state index contributed by atoms with van der Waals surface area (Å²) >= 11 is 0. The van der Waals surface area contributed by atoms with Crippen LogP contribution in [0.15, 0.2) is 0 Å². The highest BCUT2D eigenvalue weighted by Crippen LogP contribution is 2.34. The van der Waals surface area contributed by atoms with E-state index >= 15 is 0 Å². The molecule has 1 saturated heterocycles. The summed E-state index contributed by atoms with van der Waals surface area (Å²) in [5, 5.41) is 3.63. The number of nitrogens with zero attached hydrogens (tertiary/aromatic N) is 1. The number of nitrogens with one attached hydrogen (secondary N) is 1. The molecule has 1 aliphatic heterocycles. The number of piperidine rings is 1. The summed E-state index contributed by atoms with van der Waals surface area (Å²) < 4.78 is 0. The molecule has 0 bridgehead atoms. The van der Waals surface area contributed by atoms with Crippen LogP contribution in [-0.4, -0.2) is 36.1 Å². The van der Waals surface area contributed by atoms with Crippen LogP contribution in [0.1, 0.15) is 59.8 Å². The van der Waals surface area contributed by atoms with Crippen LogP contribution >= 0.6 is 0 Å². The fourth-order valence-corrected chi connectivity index (χ4v) is 4.03. The van der Waals surface area contributed by atoms with E-state index in [9.17, 15) is 0 Å². The van der Waals surface area contributed by atoms with E-state index in [2.05, 4.69) is 37.9 Å². The molecular weight excluding hydrogens is 220 g/mol. The highest BCUT2D eigenvalue weighted by molar-refractivity contribution is 4.89. The summed E-state index contributed by atoms with van der Waals surface area (Å²) in [6.07, 6.45) is 6.98. The van der Waals surface area contributed by atoms with Crippen molar-refractivity contribution in [1.82, 2.24) is 10.2 Å². The molecule has 5 unspecified atom stereocenters. The Morgan fingerprint density at radius 3 is 2.39 bits per heavy atom. The minimum Gasteiger partial charge on any atom is -0.314 e. The molecule has 0 amide bonds. The van der Waals surface area contributed by atoms with Gasteiger partial charge in [-0.15, -0.1) is 0 Å². The summed E-state index contributed by atoms with van der Waals surface area (Å²) in [4.78, 5) is 2.82. The summed E-state index contributed by atoms with van der Waals surface area (Å²) in [7, 11) is 0. The predicted octanol–water partition coefficient (Wildman–Crippen LogP) is 3.27. The number of hydrogen-bond donors (Lipinski definition) is 1. The van der Waals surface area contributed by atoms with Gasteiger partial charge >= 0.3 is 0 Å². The first-order valence-corrected chi connectivity index (χ1v) is 8.11. The summed E-state index contributed by atoms with van der Waals surface area (Å²) in [6, 6.07) is 2.41. The Kier molecular flexibility index (Phi) is 5.08. The fourth-order valence-electron chi connectivity index (χ4n) is 4.03. The first-order valence-electron chi connectivity index (χ1n) is 8.11. The van der Waals surface area contributed by atoms with Gasteiger partial charge in [-0.2, -0.15) is 0 Å². The topological polar surface area (TPSA) is 15.3 Å². The van der Waals surface area contributed by atoms with Crippen LogP contribution in [0.5, 0.6) is 0 Å². The molecule has 1 heterocycles. The average molecular weight is 252 g/mol. The van der Waals surface area contributed by atoms with Crippen LogP contribution in [0.2, 0.25) is 0 Å². The van der Waals surface area contributed by atoms with Gasteiger partial charge in [0.05, 0.1) is 0 Å². The van der Waals surface area contributed by atoms with Gasteiger partial charge in [0.25, 0.3) is 0 Å². The van der Waals surface area contributed by atoms with E-state index in [4.69, 9.17) is 0 Å². The van der Waals surface area contributed by atoms with E-state index in [-0.39, 0.29) is 0 Å². The van der Waals surface area contributed by atoms with Gasteiger partial charge in [-0.3, -0.25) is 4.90 Å². The Morgan fingerprint density at radius 2 is 1.78 bits per heavy atom. The van der Waals surface area contributed by atoms with E-state index in [0.717, 1.165) is 36.5 Å². The lowest BCUT2D eigenvalue weighted by Gasteiger charge is -2.46. The van der Waals surface area contributed by atoms with Crippen molar-refractivity contribution >= 4 is 0 Å². The molecule has 2 fully saturated rings. The van der Waals surface area contributed by atoms with Crippen LogP contribution in [-0.2, 0) is 0 Å². The molecule has 1 N–H and O–H groups in total. The second-order valence-corrected chi connectivity index (χ2v) is 6.79. The molecule has 0 aromatic rings. The summed E-state index contributed by atoms with van der Waals surface area (Å²) in [6.45, 7) is 12.0. The largest absolute Gasteiger partial charge is 0.314 e. The van der Waals surface area contributed by atoms with Gasteiger partial charge in [-0.1, -0.05) is 20.8 Å². The third kappa shape index (κ3) is 3.27. The maximum absolute atomic E-state index is 3.63. The van der Waals surface area contributed by atoms with Gasteiger partial charge in [0, 0.05) is 24.7 Å². The minimum absolute atomic E-state index is 0.765. The van der Waals surface area contributed by atoms with E-state index in [1.54, 1.807) is 0 Å². The molecule has 1 saturated carbocycles. The third-order valence-corrected chi connectivity index (χ3v) is 5.46. The van der Waals surface area contributed by atoms with E-state index < -0.39 is 0 Å². The van der Waals surface area contributed by atoms with Gasteiger partial charge in [-0.25, -0.2) is 0 Å². The average Bonchev–Trinajstić information content (AvgIpc) is 2.34. The molecule has 2 rings (SSSR count). The SMILES string of the molecule is CCNC1CCN(C2CCC(C)C(C)C2)C(C)C1. The molecule has 2 nitrogen and oxygen atoms in total.